The summed E-state index contributed by atoms with van der Waals surface area (Å²) in [6.07, 6.45) is 0. The lowest BCUT2D eigenvalue weighted by atomic mass is 10.1. The van der Waals surface area contributed by atoms with E-state index >= 15 is 0 Å². The van der Waals surface area contributed by atoms with Gasteiger partial charge in [-0.05, 0) is 25.0 Å². The molecule has 1 heterocycles. The minimum Gasteiger partial charge on any atom is -0.335 e. The molecule has 0 aromatic heterocycles. The van der Waals surface area contributed by atoms with Gasteiger partial charge in [0.25, 0.3) is 0 Å². The van der Waals surface area contributed by atoms with Crippen molar-refractivity contribution in [1.82, 2.24) is 0 Å². The molecule has 0 amide bonds. The molecule has 74 valence electrons. The fourth-order valence-corrected chi connectivity index (χ4v) is 2.26. The lowest BCUT2D eigenvalue weighted by molar-refractivity contribution is 1.17. The highest BCUT2D eigenvalue weighted by molar-refractivity contribution is 8.14. The highest BCUT2D eigenvalue weighted by Crippen LogP contribution is 2.22. The van der Waals surface area contributed by atoms with Crippen molar-refractivity contribution in [3.63, 3.8) is 0 Å². The number of nitrogens with zero attached hydrogens (tertiary/aromatic N) is 1. The molecule has 1 aliphatic heterocycles. The Morgan fingerprint density at radius 1 is 1.29 bits per heavy atom. The normalized spacial score (nSPS) is 15.4. The van der Waals surface area contributed by atoms with Crippen molar-refractivity contribution in [2.45, 2.75) is 13.8 Å². The highest BCUT2D eigenvalue weighted by Gasteiger charge is 2.09. The number of anilines is 1. The van der Waals surface area contributed by atoms with Gasteiger partial charge < -0.3 is 5.32 Å². The molecule has 0 fully saturated rings. The SMILES string of the molecule is Cc1cccc(C)c1NC1=NCCS1. The predicted molar refractivity (Wildman–Crippen MR) is 64.3 cm³/mol. The third kappa shape index (κ3) is 1.93. The van der Waals surface area contributed by atoms with Crippen LogP contribution < -0.4 is 5.32 Å². The highest BCUT2D eigenvalue weighted by atomic mass is 32.2. The van der Waals surface area contributed by atoms with E-state index in [0.717, 1.165) is 17.5 Å². The van der Waals surface area contributed by atoms with Gasteiger partial charge in [0.05, 0.1) is 6.54 Å². The van der Waals surface area contributed by atoms with Gasteiger partial charge in [-0.2, -0.15) is 0 Å². The Bertz CT molecular complexity index is 351. The molecule has 3 heteroatoms. The number of hydrogen-bond donors (Lipinski definition) is 1. The van der Waals surface area contributed by atoms with Crippen LogP contribution in [0.1, 0.15) is 11.1 Å². The molecule has 0 unspecified atom stereocenters. The minimum atomic E-state index is 0.942. The molecule has 0 atom stereocenters. The van der Waals surface area contributed by atoms with Crippen molar-refractivity contribution in [3.8, 4) is 0 Å². The molecular formula is C11H14N2S. The number of aryl methyl sites for hydroxylation is 2. The largest absolute Gasteiger partial charge is 0.335 e. The van der Waals surface area contributed by atoms with E-state index in [2.05, 4.69) is 42.4 Å². The average molecular weight is 206 g/mol. The topological polar surface area (TPSA) is 24.4 Å². The van der Waals surface area contributed by atoms with Crippen molar-refractivity contribution < 1.29 is 0 Å². The fraction of sp³-hybridized carbons (Fsp3) is 0.364. The number of benzene rings is 1. The maximum atomic E-state index is 4.38. The summed E-state index contributed by atoms with van der Waals surface area (Å²) in [6, 6.07) is 6.32. The Balaban J connectivity index is 2.23. The van der Waals surface area contributed by atoms with Crippen molar-refractivity contribution >= 4 is 22.6 Å². The van der Waals surface area contributed by atoms with Gasteiger partial charge in [-0.3, -0.25) is 4.99 Å². The van der Waals surface area contributed by atoms with Crippen LogP contribution in [0, 0.1) is 13.8 Å². The van der Waals surface area contributed by atoms with Crippen LogP contribution in [0.5, 0.6) is 0 Å². The monoisotopic (exact) mass is 206 g/mol. The van der Waals surface area contributed by atoms with Gasteiger partial charge in [-0.15, -0.1) is 0 Å². The first-order valence-corrected chi connectivity index (χ1v) is 5.76. The zero-order valence-corrected chi connectivity index (χ0v) is 9.32. The third-order valence-corrected chi connectivity index (χ3v) is 3.19. The molecule has 0 saturated carbocycles. The summed E-state index contributed by atoms with van der Waals surface area (Å²) in [7, 11) is 0. The summed E-state index contributed by atoms with van der Waals surface area (Å²) in [6.45, 7) is 5.18. The zero-order valence-electron chi connectivity index (χ0n) is 8.50. The van der Waals surface area contributed by atoms with Crippen molar-refractivity contribution in [1.29, 1.82) is 0 Å². The van der Waals surface area contributed by atoms with Gasteiger partial charge in [0, 0.05) is 11.4 Å². The summed E-state index contributed by atoms with van der Waals surface area (Å²) in [5.41, 5.74) is 3.76. The molecule has 14 heavy (non-hydrogen) atoms. The quantitative estimate of drug-likeness (QED) is 0.764. The number of amidine groups is 1. The standard InChI is InChI=1S/C11H14N2S/c1-8-4-3-5-9(2)10(8)13-11-12-6-7-14-11/h3-5H,6-7H2,1-2H3,(H,12,13). The molecular weight excluding hydrogens is 192 g/mol. The number of para-hydroxylation sites is 1. The van der Waals surface area contributed by atoms with Crippen LogP contribution in [0.15, 0.2) is 23.2 Å². The number of nitrogens with one attached hydrogen (secondary N) is 1. The van der Waals surface area contributed by atoms with Crippen LogP contribution in [0.25, 0.3) is 0 Å². The predicted octanol–water partition coefficient (Wildman–Crippen LogP) is 2.82. The molecule has 0 aliphatic carbocycles. The van der Waals surface area contributed by atoms with E-state index in [4.69, 9.17) is 0 Å². The van der Waals surface area contributed by atoms with Crippen LogP contribution in [0.2, 0.25) is 0 Å². The van der Waals surface area contributed by atoms with Gasteiger partial charge in [0.2, 0.25) is 0 Å². The van der Waals surface area contributed by atoms with E-state index < -0.39 is 0 Å². The van der Waals surface area contributed by atoms with E-state index in [0.29, 0.717) is 0 Å². The Hall–Kier alpha value is -0.960. The fourth-order valence-electron chi connectivity index (χ4n) is 1.53. The van der Waals surface area contributed by atoms with E-state index in [1.165, 1.54) is 16.8 Å². The van der Waals surface area contributed by atoms with Crippen molar-refractivity contribution in [2.75, 3.05) is 17.6 Å². The Morgan fingerprint density at radius 3 is 2.57 bits per heavy atom. The first-order chi connectivity index (χ1) is 6.77. The molecule has 2 nitrogen and oxygen atoms in total. The van der Waals surface area contributed by atoms with Crippen molar-refractivity contribution in [2.24, 2.45) is 4.99 Å². The molecule has 1 aromatic carbocycles. The van der Waals surface area contributed by atoms with Gasteiger partial charge in [0.1, 0.15) is 0 Å². The first kappa shape index (κ1) is 9.59. The summed E-state index contributed by atoms with van der Waals surface area (Å²) in [5.74, 6) is 1.10. The maximum Gasteiger partial charge on any atom is 0.161 e. The van der Waals surface area contributed by atoms with E-state index in [1.54, 1.807) is 11.8 Å². The second-order valence-corrected chi connectivity index (χ2v) is 4.51. The Labute approximate surface area is 88.8 Å². The third-order valence-electron chi connectivity index (χ3n) is 2.30. The number of thioether (sulfide) groups is 1. The average Bonchev–Trinajstić information content (AvgIpc) is 2.64. The lowest BCUT2D eigenvalue weighted by Crippen LogP contribution is -2.07. The molecule has 1 N–H and O–H groups in total. The van der Waals surface area contributed by atoms with Gasteiger partial charge in [0.15, 0.2) is 5.17 Å². The van der Waals surface area contributed by atoms with Crippen LogP contribution in [-0.2, 0) is 0 Å². The summed E-state index contributed by atoms with van der Waals surface area (Å²) < 4.78 is 0. The second kappa shape index (κ2) is 4.05. The summed E-state index contributed by atoms with van der Waals surface area (Å²) in [4.78, 5) is 4.38. The van der Waals surface area contributed by atoms with Crippen LogP contribution in [0.4, 0.5) is 5.69 Å². The summed E-state index contributed by atoms with van der Waals surface area (Å²) >= 11 is 1.79. The van der Waals surface area contributed by atoms with Crippen LogP contribution in [0.3, 0.4) is 0 Å². The molecule has 0 radical (unpaired) electrons. The molecule has 0 saturated heterocycles. The summed E-state index contributed by atoms with van der Waals surface area (Å²) in [5, 5.41) is 4.45. The lowest BCUT2D eigenvalue weighted by Gasteiger charge is -2.11. The van der Waals surface area contributed by atoms with E-state index in [1.807, 2.05) is 0 Å². The Morgan fingerprint density at radius 2 is 2.00 bits per heavy atom. The number of rotatable bonds is 1. The van der Waals surface area contributed by atoms with Crippen LogP contribution in [-0.4, -0.2) is 17.5 Å². The Kier molecular flexibility index (Phi) is 2.77. The van der Waals surface area contributed by atoms with Gasteiger partial charge in [-0.1, -0.05) is 30.0 Å². The smallest absolute Gasteiger partial charge is 0.161 e. The van der Waals surface area contributed by atoms with Gasteiger partial charge in [-0.25, -0.2) is 0 Å². The minimum absolute atomic E-state index is 0.942. The number of aliphatic imine (C=N–C) groups is 1. The molecule has 0 bridgehead atoms. The van der Waals surface area contributed by atoms with Crippen molar-refractivity contribution in [3.05, 3.63) is 29.3 Å². The molecule has 1 aromatic rings. The van der Waals surface area contributed by atoms with E-state index in [-0.39, 0.29) is 0 Å². The maximum absolute atomic E-state index is 4.38. The molecule has 2 rings (SSSR count). The molecule has 0 spiro atoms. The van der Waals surface area contributed by atoms with E-state index in [9.17, 15) is 0 Å². The number of hydrogen-bond acceptors (Lipinski definition) is 3. The molecule has 1 aliphatic rings. The van der Waals surface area contributed by atoms with Crippen LogP contribution >= 0.6 is 11.8 Å². The first-order valence-electron chi connectivity index (χ1n) is 4.78. The second-order valence-electron chi connectivity index (χ2n) is 3.43. The zero-order chi connectivity index (χ0) is 9.97. The van der Waals surface area contributed by atoms with Gasteiger partial charge >= 0.3 is 0 Å².